The predicted molar refractivity (Wildman–Crippen MR) is 71.5 cm³/mol. The lowest BCUT2D eigenvalue weighted by atomic mass is 9.91. The van der Waals surface area contributed by atoms with Crippen LogP contribution in [0.3, 0.4) is 0 Å². The molecule has 1 aliphatic rings. The highest BCUT2D eigenvalue weighted by Gasteiger charge is 2.24. The van der Waals surface area contributed by atoms with Crippen LogP contribution in [0, 0.1) is 0 Å². The van der Waals surface area contributed by atoms with Crippen LogP contribution >= 0.6 is 11.6 Å². The maximum absolute atomic E-state index is 9.27. The molecule has 1 aromatic carbocycles. The van der Waals surface area contributed by atoms with Crippen molar-refractivity contribution in [1.82, 2.24) is 4.90 Å². The van der Waals surface area contributed by atoms with Crippen LogP contribution in [0.2, 0.25) is 0 Å². The van der Waals surface area contributed by atoms with Gasteiger partial charge in [-0.15, -0.1) is 11.6 Å². The first-order valence-electron chi connectivity index (χ1n) is 6.37. The topological polar surface area (TPSA) is 23.5 Å². The molecule has 0 heterocycles. The molecule has 17 heavy (non-hydrogen) atoms. The number of hydrogen-bond acceptors (Lipinski definition) is 2. The summed E-state index contributed by atoms with van der Waals surface area (Å²) in [7, 11) is 0. The molecule has 1 saturated carbocycles. The van der Waals surface area contributed by atoms with Gasteiger partial charge in [-0.05, 0) is 43.5 Å². The normalized spacial score (nSPS) is 16.1. The highest BCUT2D eigenvalue weighted by Crippen LogP contribution is 2.26. The lowest BCUT2D eigenvalue weighted by Crippen LogP contribution is -2.40. The van der Waals surface area contributed by atoms with Crippen molar-refractivity contribution in [1.29, 1.82) is 0 Å². The molecule has 0 aromatic heterocycles. The standard InChI is InChI=1S/C14H20ClNO/c15-9-2-10-16(13-3-1-4-13)11-12-5-7-14(17)8-6-12/h5-8,13,17H,1-4,9-11H2. The van der Waals surface area contributed by atoms with E-state index < -0.39 is 0 Å². The van der Waals surface area contributed by atoms with Gasteiger partial charge in [-0.3, -0.25) is 4.90 Å². The van der Waals surface area contributed by atoms with Crippen LogP contribution in [0.4, 0.5) is 0 Å². The fourth-order valence-corrected chi connectivity index (χ4v) is 2.36. The zero-order valence-corrected chi connectivity index (χ0v) is 10.9. The summed E-state index contributed by atoms with van der Waals surface area (Å²) in [6, 6.07) is 8.27. The number of alkyl halides is 1. The molecule has 1 aliphatic carbocycles. The van der Waals surface area contributed by atoms with Crippen molar-refractivity contribution < 1.29 is 5.11 Å². The number of rotatable bonds is 6. The van der Waals surface area contributed by atoms with Crippen LogP contribution in [0.25, 0.3) is 0 Å². The molecule has 1 aromatic rings. The maximum atomic E-state index is 9.27. The molecule has 0 bridgehead atoms. The van der Waals surface area contributed by atoms with Crippen LogP contribution in [-0.2, 0) is 6.54 Å². The minimum atomic E-state index is 0.338. The summed E-state index contributed by atoms with van der Waals surface area (Å²) in [5, 5.41) is 9.27. The minimum Gasteiger partial charge on any atom is -0.508 e. The van der Waals surface area contributed by atoms with Gasteiger partial charge in [0.25, 0.3) is 0 Å². The molecule has 0 unspecified atom stereocenters. The molecule has 3 heteroatoms. The summed E-state index contributed by atoms with van der Waals surface area (Å²) in [6.45, 7) is 2.05. The van der Waals surface area contributed by atoms with Crippen molar-refractivity contribution in [3.63, 3.8) is 0 Å². The van der Waals surface area contributed by atoms with Crippen molar-refractivity contribution in [2.24, 2.45) is 0 Å². The van der Waals surface area contributed by atoms with E-state index in [9.17, 15) is 5.11 Å². The molecule has 1 fully saturated rings. The Morgan fingerprint density at radius 3 is 2.47 bits per heavy atom. The summed E-state index contributed by atoms with van der Waals surface area (Å²) in [5.74, 6) is 1.07. The van der Waals surface area contributed by atoms with Gasteiger partial charge in [0, 0.05) is 18.5 Å². The van der Waals surface area contributed by atoms with Crippen LogP contribution in [0.1, 0.15) is 31.2 Å². The SMILES string of the molecule is Oc1ccc(CN(CCCCl)C2CCC2)cc1. The Balaban J connectivity index is 1.93. The molecular weight excluding hydrogens is 234 g/mol. The summed E-state index contributed by atoms with van der Waals surface area (Å²) in [5.41, 5.74) is 1.27. The Morgan fingerprint density at radius 2 is 1.94 bits per heavy atom. The number of aromatic hydroxyl groups is 1. The average molecular weight is 254 g/mol. The minimum absolute atomic E-state index is 0.338. The molecule has 0 aliphatic heterocycles. The zero-order chi connectivity index (χ0) is 12.1. The van der Waals surface area contributed by atoms with E-state index >= 15 is 0 Å². The maximum Gasteiger partial charge on any atom is 0.115 e. The van der Waals surface area contributed by atoms with Crippen molar-refractivity contribution in [2.45, 2.75) is 38.3 Å². The van der Waals surface area contributed by atoms with E-state index in [0.29, 0.717) is 5.75 Å². The first-order valence-corrected chi connectivity index (χ1v) is 6.91. The molecule has 1 N–H and O–H groups in total. The van der Waals surface area contributed by atoms with E-state index in [1.54, 1.807) is 12.1 Å². The van der Waals surface area contributed by atoms with Crippen LogP contribution in [0.15, 0.2) is 24.3 Å². The van der Waals surface area contributed by atoms with Gasteiger partial charge in [0.05, 0.1) is 0 Å². The highest BCUT2D eigenvalue weighted by molar-refractivity contribution is 6.17. The number of phenolic OH excluding ortho intramolecular Hbond substituents is 1. The number of phenols is 1. The van der Waals surface area contributed by atoms with Crippen molar-refractivity contribution in [2.75, 3.05) is 12.4 Å². The van der Waals surface area contributed by atoms with E-state index in [1.807, 2.05) is 12.1 Å². The van der Waals surface area contributed by atoms with Gasteiger partial charge in [-0.25, -0.2) is 0 Å². The molecule has 0 amide bonds. The highest BCUT2D eigenvalue weighted by atomic mass is 35.5. The third-order valence-corrected chi connectivity index (χ3v) is 3.76. The largest absolute Gasteiger partial charge is 0.508 e. The molecule has 0 saturated heterocycles. The Bertz CT molecular complexity index is 335. The van der Waals surface area contributed by atoms with Gasteiger partial charge < -0.3 is 5.11 Å². The summed E-state index contributed by atoms with van der Waals surface area (Å²) in [4.78, 5) is 2.53. The van der Waals surface area contributed by atoms with E-state index in [-0.39, 0.29) is 0 Å². The molecule has 0 radical (unpaired) electrons. The fraction of sp³-hybridized carbons (Fsp3) is 0.571. The van der Waals surface area contributed by atoms with Crippen molar-refractivity contribution >= 4 is 11.6 Å². The van der Waals surface area contributed by atoms with Crippen LogP contribution in [0.5, 0.6) is 5.75 Å². The molecule has 94 valence electrons. The zero-order valence-electron chi connectivity index (χ0n) is 10.1. The Morgan fingerprint density at radius 1 is 1.24 bits per heavy atom. The Hall–Kier alpha value is -0.730. The van der Waals surface area contributed by atoms with E-state index in [4.69, 9.17) is 11.6 Å². The predicted octanol–water partition coefficient (Wildman–Crippen LogP) is 3.38. The molecule has 0 atom stereocenters. The van der Waals surface area contributed by atoms with Crippen LogP contribution in [-0.4, -0.2) is 28.5 Å². The Labute approximate surface area is 108 Å². The molecule has 2 rings (SSSR count). The van der Waals surface area contributed by atoms with Gasteiger partial charge in [-0.1, -0.05) is 18.6 Å². The summed E-state index contributed by atoms with van der Waals surface area (Å²) >= 11 is 5.78. The first kappa shape index (κ1) is 12.7. The van der Waals surface area contributed by atoms with E-state index in [2.05, 4.69) is 4.90 Å². The number of hydrogen-bond donors (Lipinski definition) is 1. The number of halogens is 1. The van der Waals surface area contributed by atoms with Gasteiger partial charge in [-0.2, -0.15) is 0 Å². The second-order valence-electron chi connectivity index (χ2n) is 4.76. The van der Waals surface area contributed by atoms with Gasteiger partial charge in [0.2, 0.25) is 0 Å². The smallest absolute Gasteiger partial charge is 0.115 e. The third-order valence-electron chi connectivity index (χ3n) is 3.49. The second-order valence-corrected chi connectivity index (χ2v) is 5.14. The quantitative estimate of drug-likeness (QED) is 0.786. The van der Waals surface area contributed by atoms with E-state index in [0.717, 1.165) is 31.4 Å². The lowest BCUT2D eigenvalue weighted by molar-refractivity contribution is 0.120. The Kier molecular flexibility index (Phi) is 4.69. The van der Waals surface area contributed by atoms with Gasteiger partial charge in [0.1, 0.15) is 5.75 Å². The summed E-state index contributed by atoms with van der Waals surface area (Å²) in [6.07, 6.45) is 5.05. The van der Waals surface area contributed by atoms with Crippen LogP contribution < -0.4 is 0 Å². The number of nitrogens with zero attached hydrogens (tertiary/aromatic N) is 1. The van der Waals surface area contributed by atoms with Gasteiger partial charge >= 0.3 is 0 Å². The third kappa shape index (κ3) is 3.62. The van der Waals surface area contributed by atoms with Crippen molar-refractivity contribution in [3.05, 3.63) is 29.8 Å². The molecular formula is C14H20ClNO. The monoisotopic (exact) mass is 253 g/mol. The second kappa shape index (κ2) is 6.27. The average Bonchev–Trinajstić information content (AvgIpc) is 2.26. The van der Waals surface area contributed by atoms with Gasteiger partial charge in [0.15, 0.2) is 0 Å². The number of benzene rings is 1. The molecule has 2 nitrogen and oxygen atoms in total. The molecule has 0 spiro atoms. The summed E-state index contributed by atoms with van der Waals surface area (Å²) < 4.78 is 0. The fourth-order valence-electron chi connectivity index (χ4n) is 2.24. The van der Waals surface area contributed by atoms with E-state index in [1.165, 1.54) is 24.8 Å². The first-order chi connectivity index (χ1) is 8.29. The lowest BCUT2D eigenvalue weighted by Gasteiger charge is -2.37. The van der Waals surface area contributed by atoms with Crippen molar-refractivity contribution in [3.8, 4) is 5.75 Å².